The molecule has 0 unspecified atom stereocenters. The first-order chi connectivity index (χ1) is 9.67. The van der Waals surface area contributed by atoms with Gasteiger partial charge >= 0.3 is 5.97 Å². The number of esters is 1. The fraction of sp³-hybridized carbons (Fsp3) is 0.308. The first-order valence-corrected chi connectivity index (χ1v) is 5.97. The highest BCUT2D eigenvalue weighted by molar-refractivity contribution is 5.92. The summed E-state index contributed by atoms with van der Waals surface area (Å²) < 4.78 is 28.9. The summed E-state index contributed by atoms with van der Waals surface area (Å²) in [6, 6.07) is 2.83. The Balaban J connectivity index is 2.13. The van der Waals surface area contributed by atoms with Gasteiger partial charge in [0.15, 0.2) is 11.4 Å². The third kappa shape index (κ3) is 2.76. The molecule has 2 aromatic rings. The zero-order chi connectivity index (χ0) is 14.5. The van der Waals surface area contributed by atoms with Crippen LogP contribution in [0.25, 0.3) is 11.0 Å². The highest BCUT2D eigenvalue weighted by atomic mass is 19.1. The molecule has 2 N–H and O–H groups in total. The number of rotatable bonds is 6. The van der Waals surface area contributed by atoms with Crippen LogP contribution >= 0.6 is 0 Å². The van der Waals surface area contributed by atoms with Gasteiger partial charge in [-0.15, -0.1) is 0 Å². The maximum absolute atomic E-state index is 13.8. The number of ether oxygens (including phenoxy) is 2. The van der Waals surface area contributed by atoms with E-state index in [1.807, 2.05) is 0 Å². The molecule has 0 bridgehead atoms. The Hall–Kier alpha value is -2.44. The van der Waals surface area contributed by atoms with Gasteiger partial charge in [-0.2, -0.15) is 5.53 Å². The molecule has 0 fully saturated rings. The number of hydrogen-bond donors (Lipinski definition) is 1. The summed E-state index contributed by atoms with van der Waals surface area (Å²) in [5.41, 5.74) is 5.31. The summed E-state index contributed by atoms with van der Waals surface area (Å²) in [6.07, 6.45) is 2.11. The third-order valence-corrected chi connectivity index (χ3v) is 2.77. The average Bonchev–Trinajstić information content (AvgIpc) is 2.92. The van der Waals surface area contributed by atoms with Crippen molar-refractivity contribution < 1.29 is 28.6 Å². The number of furan rings is 1. The second kappa shape index (κ2) is 6.14. The average molecular weight is 281 g/mol. The molecule has 1 aromatic heterocycles. The van der Waals surface area contributed by atoms with Crippen LogP contribution in [0, 0.1) is 5.82 Å². The normalized spacial score (nSPS) is 10.5. The van der Waals surface area contributed by atoms with E-state index in [0.717, 1.165) is 0 Å². The summed E-state index contributed by atoms with van der Waals surface area (Å²) >= 11 is 0. The molecule has 106 valence electrons. The lowest BCUT2D eigenvalue weighted by molar-refractivity contribution is -0.210. The highest BCUT2D eigenvalue weighted by Crippen LogP contribution is 2.36. The van der Waals surface area contributed by atoms with Crippen molar-refractivity contribution in [1.29, 1.82) is 0 Å². The molecule has 0 aliphatic rings. The Morgan fingerprint density at radius 1 is 1.55 bits per heavy atom. The molecular formula is C13H14FN2O4+. The highest BCUT2D eigenvalue weighted by Gasteiger charge is 2.17. The maximum atomic E-state index is 13.8. The third-order valence-electron chi connectivity index (χ3n) is 2.77. The van der Waals surface area contributed by atoms with Crippen LogP contribution < -0.4 is 10.3 Å². The van der Waals surface area contributed by atoms with E-state index in [-0.39, 0.29) is 30.3 Å². The van der Waals surface area contributed by atoms with E-state index in [1.165, 1.54) is 19.4 Å². The van der Waals surface area contributed by atoms with Crippen LogP contribution in [0.4, 0.5) is 10.1 Å². The summed E-state index contributed by atoms with van der Waals surface area (Å²) in [5.74, 6) is -0.619. The van der Waals surface area contributed by atoms with Gasteiger partial charge in [-0.3, -0.25) is 4.79 Å². The first-order valence-electron chi connectivity index (χ1n) is 5.97. The van der Waals surface area contributed by atoms with Crippen LogP contribution in [0.5, 0.6) is 5.75 Å². The first kappa shape index (κ1) is 14.0. The van der Waals surface area contributed by atoms with Crippen molar-refractivity contribution in [1.82, 2.24) is 0 Å². The second-order valence-electron chi connectivity index (χ2n) is 4.03. The van der Waals surface area contributed by atoms with Crippen LogP contribution in [-0.2, 0) is 9.53 Å². The van der Waals surface area contributed by atoms with E-state index in [2.05, 4.69) is 9.85 Å². The lowest BCUT2D eigenvalue weighted by atomic mass is 10.2. The number of methoxy groups -OCH3 is 1. The molecule has 1 heterocycles. The maximum Gasteiger partial charge on any atom is 0.305 e. The van der Waals surface area contributed by atoms with Crippen molar-refractivity contribution in [2.24, 2.45) is 5.11 Å². The molecular weight excluding hydrogens is 267 g/mol. The van der Waals surface area contributed by atoms with Crippen molar-refractivity contribution in [2.75, 3.05) is 13.7 Å². The van der Waals surface area contributed by atoms with Crippen molar-refractivity contribution >= 4 is 22.6 Å². The molecule has 1 aromatic carbocycles. The van der Waals surface area contributed by atoms with Gasteiger partial charge in [-0.1, -0.05) is 0 Å². The minimum absolute atomic E-state index is 0.0492. The second-order valence-corrected chi connectivity index (χ2v) is 4.03. The zero-order valence-electron chi connectivity index (χ0n) is 10.9. The van der Waals surface area contributed by atoms with Gasteiger partial charge in [0.05, 0.1) is 25.4 Å². The molecule has 0 amide bonds. The lowest BCUT2D eigenvalue weighted by Crippen LogP contribution is -2.22. The summed E-state index contributed by atoms with van der Waals surface area (Å²) in [6.45, 7) is 0.258. The number of benzene rings is 1. The van der Waals surface area contributed by atoms with Gasteiger partial charge in [0.1, 0.15) is 5.75 Å². The molecule has 0 aliphatic carbocycles. The number of fused-ring (bicyclic) bond motifs is 1. The molecule has 0 spiro atoms. The Bertz CT molecular complexity index is 639. The van der Waals surface area contributed by atoms with Gasteiger partial charge < -0.3 is 13.9 Å². The number of hydrogen-bond acceptors (Lipinski definition) is 5. The van der Waals surface area contributed by atoms with Crippen LogP contribution in [0.2, 0.25) is 0 Å². The van der Waals surface area contributed by atoms with Crippen LogP contribution in [0.1, 0.15) is 12.8 Å². The van der Waals surface area contributed by atoms with Crippen molar-refractivity contribution in [3.8, 4) is 5.75 Å². The SMILES string of the molecule is COC(=O)CCCOc1cc(F)c(N=[NH2+])c2occc12. The molecule has 0 atom stereocenters. The van der Waals surface area contributed by atoms with Gasteiger partial charge in [0.2, 0.25) is 5.69 Å². The number of halogens is 1. The zero-order valence-corrected chi connectivity index (χ0v) is 10.9. The van der Waals surface area contributed by atoms with Crippen molar-refractivity contribution in [3.05, 3.63) is 24.2 Å². The number of nitrogens with two attached hydrogens (primary N) is 1. The Morgan fingerprint density at radius 3 is 3.05 bits per heavy atom. The van der Waals surface area contributed by atoms with Crippen LogP contribution in [-0.4, -0.2) is 19.7 Å². The molecule has 7 heteroatoms. The van der Waals surface area contributed by atoms with Gasteiger partial charge in [-0.05, 0) is 17.6 Å². The van der Waals surface area contributed by atoms with E-state index in [9.17, 15) is 9.18 Å². The Kier molecular flexibility index (Phi) is 4.29. The van der Waals surface area contributed by atoms with Crippen LogP contribution in [0.15, 0.2) is 27.9 Å². The minimum Gasteiger partial charge on any atom is -0.493 e. The van der Waals surface area contributed by atoms with E-state index in [4.69, 9.17) is 14.7 Å². The van der Waals surface area contributed by atoms with Gasteiger partial charge in [0.25, 0.3) is 0 Å². The molecule has 0 aliphatic heterocycles. The topological polar surface area (TPSA) is 86.6 Å². The summed E-state index contributed by atoms with van der Waals surface area (Å²) in [5, 5.41) is 3.93. The van der Waals surface area contributed by atoms with Crippen LogP contribution in [0.3, 0.4) is 0 Å². The lowest BCUT2D eigenvalue weighted by Gasteiger charge is -2.07. The predicted molar refractivity (Wildman–Crippen MR) is 66.9 cm³/mol. The predicted octanol–water partition coefficient (Wildman–Crippen LogP) is 1.75. The van der Waals surface area contributed by atoms with Crippen molar-refractivity contribution in [3.63, 3.8) is 0 Å². The molecule has 6 nitrogen and oxygen atoms in total. The van der Waals surface area contributed by atoms with E-state index < -0.39 is 5.82 Å². The quantitative estimate of drug-likeness (QED) is 0.496. The monoisotopic (exact) mass is 281 g/mol. The number of carbonyl (C=O) groups excluding carboxylic acids is 1. The smallest absolute Gasteiger partial charge is 0.305 e. The summed E-state index contributed by atoms with van der Waals surface area (Å²) in [4.78, 5) is 11.0. The van der Waals surface area contributed by atoms with Gasteiger partial charge in [0, 0.05) is 12.5 Å². The molecule has 0 saturated heterocycles. The molecule has 2 rings (SSSR count). The molecule has 0 radical (unpaired) electrons. The van der Waals surface area contributed by atoms with E-state index in [1.54, 1.807) is 6.07 Å². The molecule has 0 saturated carbocycles. The van der Waals surface area contributed by atoms with Gasteiger partial charge in [-0.25, -0.2) is 4.39 Å². The summed E-state index contributed by atoms with van der Waals surface area (Å²) in [7, 11) is 1.32. The number of nitrogens with zero attached hydrogens (tertiary/aromatic N) is 1. The largest absolute Gasteiger partial charge is 0.493 e. The minimum atomic E-state index is -0.627. The fourth-order valence-corrected chi connectivity index (χ4v) is 1.80. The van der Waals surface area contributed by atoms with E-state index >= 15 is 0 Å². The van der Waals surface area contributed by atoms with E-state index in [0.29, 0.717) is 17.6 Å². The standard InChI is InChI=1S/C13H13FN2O4/c1-18-11(17)3-2-5-19-10-7-9(14)12(16-15)13-8(10)4-6-20-13/h4,6-7,15H,2-3,5H2,1H3/p+1. The fourth-order valence-electron chi connectivity index (χ4n) is 1.80. The Morgan fingerprint density at radius 2 is 2.35 bits per heavy atom. The Labute approximate surface area is 114 Å². The number of carbonyl (C=O) groups is 1. The van der Waals surface area contributed by atoms with Crippen molar-refractivity contribution in [2.45, 2.75) is 12.8 Å². The molecule has 20 heavy (non-hydrogen) atoms.